The van der Waals surface area contributed by atoms with Gasteiger partial charge >= 0.3 is 0 Å². The maximum absolute atomic E-state index is 5.40. The molecule has 10 aromatic rings. The topological polar surface area (TPSA) is 32.3 Å². The molecule has 0 fully saturated rings. The third kappa shape index (κ3) is 7.11. The van der Waals surface area contributed by atoms with Crippen LogP contribution in [0, 0.1) is 0 Å². The fraction of sp³-hybridized carbons (Fsp3) is 0. The van der Waals surface area contributed by atoms with E-state index in [1.807, 2.05) is 23.9 Å². The quantitative estimate of drug-likeness (QED) is 0.153. The van der Waals surface area contributed by atoms with Crippen molar-refractivity contribution in [3.05, 3.63) is 231 Å². The summed E-state index contributed by atoms with van der Waals surface area (Å²) >= 11 is 1.82. The van der Waals surface area contributed by atoms with Crippen molar-refractivity contribution in [2.75, 3.05) is 9.80 Å². The first-order valence-electron chi connectivity index (χ1n) is 20.5. The Morgan fingerprint density at radius 3 is 1.75 bits per heavy atom. The first-order valence-corrected chi connectivity index (χ1v) is 21.3. The van der Waals surface area contributed by atoms with Gasteiger partial charge in [0, 0.05) is 44.0 Å². The Labute approximate surface area is 360 Å². The van der Waals surface area contributed by atoms with Crippen molar-refractivity contribution in [3.63, 3.8) is 0 Å². The monoisotopic (exact) mass is 798 g/mol. The SMILES string of the molecule is c1ccc(-c2ccc(-c3nc(-c4ccccc4)cc(N(c4cccc(-c5ccc6c(c5)N(c5ccccc5)c5ccccc5S6)c4)c4ccc5ccccc5c4)n3)cc2)cc1. The minimum absolute atomic E-state index is 0.659. The first-order chi connectivity index (χ1) is 30.2. The summed E-state index contributed by atoms with van der Waals surface area (Å²) in [6, 6.07) is 81.7. The van der Waals surface area contributed by atoms with E-state index >= 15 is 0 Å². The summed E-state index contributed by atoms with van der Waals surface area (Å²) < 4.78 is 0. The molecule has 2 heterocycles. The minimum Gasteiger partial charge on any atom is -0.308 e. The summed E-state index contributed by atoms with van der Waals surface area (Å²) in [5, 5.41) is 2.34. The standard InChI is InChI=1S/C56H38N4S/c1-4-15-39(16-5-1)41-27-29-43(30-28-41)56-57-50(42-18-6-2-7-19-42)38-55(58-56)59(49-33-31-40-17-10-11-20-44(40)35-49)48-24-14-21-45(36-48)46-32-34-54-52(37-46)60(47-22-8-3-9-23-47)51-25-12-13-26-53(51)61-54/h1-38H. The van der Waals surface area contributed by atoms with Gasteiger partial charge in [0.1, 0.15) is 5.82 Å². The van der Waals surface area contributed by atoms with Crippen LogP contribution in [0.4, 0.5) is 34.3 Å². The van der Waals surface area contributed by atoms with Gasteiger partial charge in [0.25, 0.3) is 0 Å². The van der Waals surface area contributed by atoms with Crippen molar-refractivity contribution in [1.82, 2.24) is 9.97 Å². The maximum Gasteiger partial charge on any atom is 0.162 e. The number of rotatable bonds is 8. The number of hydrogen-bond acceptors (Lipinski definition) is 5. The summed E-state index contributed by atoms with van der Waals surface area (Å²) in [7, 11) is 0. The Balaban J connectivity index is 1.06. The molecule has 0 bridgehead atoms. The van der Waals surface area contributed by atoms with E-state index in [2.05, 4.69) is 228 Å². The molecule has 0 N–H and O–H groups in total. The highest BCUT2D eigenvalue weighted by atomic mass is 32.2. The molecule has 0 aliphatic carbocycles. The van der Waals surface area contributed by atoms with Crippen LogP contribution in [0.2, 0.25) is 0 Å². The smallest absolute Gasteiger partial charge is 0.162 e. The molecule has 0 amide bonds. The van der Waals surface area contributed by atoms with E-state index in [4.69, 9.17) is 9.97 Å². The normalized spacial score (nSPS) is 11.8. The number of nitrogens with zero attached hydrogens (tertiary/aromatic N) is 4. The zero-order valence-electron chi connectivity index (χ0n) is 33.1. The number of benzene rings is 9. The second kappa shape index (κ2) is 15.8. The summed E-state index contributed by atoms with van der Waals surface area (Å²) in [6.07, 6.45) is 0. The molecule has 0 atom stereocenters. The lowest BCUT2D eigenvalue weighted by atomic mass is 10.0. The highest BCUT2D eigenvalue weighted by molar-refractivity contribution is 7.99. The fourth-order valence-electron chi connectivity index (χ4n) is 8.22. The van der Waals surface area contributed by atoms with E-state index in [1.165, 1.54) is 26.4 Å². The van der Waals surface area contributed by atoms with Crippen molar-refractivity contribution >= 4 is 56.8 Å². The average molecular weight is 799 g/mol. The molecule has 0 saturated heterocycles. The van der Waals surface area contributed by atoms with Crippen LogP contribution >= 0.6 is 11.8 Å². The largest absolute Gasteiger partial charge is 0.308 e. The van der Waals surface area contributed by atoms with Crippen LogP contribution < -0.4 is 9.80 Å². The molecule has 1 aliphatic heterocycles. The van der Waals surface area contributed by atoms with Crippen LogP contribution in [-0.2, 0) is 0 Å². The molecule has 0 spiro atoms. The van der Waals surface area contributed by atoms with Crippen molar-refractivity contribution < 1.29 is 0 Å². The Hall–Kier alpha value is -7.73. The minimum atomic E-state index is 0.659. The van der Waals surface area contributed by atoms with E-state index in [9.17, 15) is 0 Å². The molecule has 9 aromatic carbocycles. The highest BCUT2D eigenvalue weighted by Gasteiger charge is 2.26. The zero-order valence-corrected chi connectivity index (χ0v) is 34.0. The zero-order chi connectivity index (χ0) is 40.5. The molecule has 1 aliphatic rings. The van der Waals surface area contributed by atoms with Crippen molar-refractivity contribution in [2.45, 2.75) is 9.79 Å². The van der Waals surface area contributed by atoms with E-state index in [0.717, 1.165) is 67.5 Å². The number of aromatic nitrogens is 2. The molecule has 1 aromatic heterocycles. The molecule has 11 rings (SSSR count). The predicted molar refractivity (Wildman–Crippen MR) is 255 cm³/mol. The number of para-hydroxylation sites is 2. The van der Waals surface area contributed by atoms with Crippen LogP contribution in [0.5, 0.6) is 0 Å². The predicted octanol–water partition coefficient (Wildman–Crippen LogP) is 15.7. The maximum atomic E-state index is 5.40. The second-order valence-corrected chi connectivity index (χ2v) is 16.2. The fourth-order valence-corrected chi connectivity index (χ4v) is 9.26. The first kappa shape index (κ1) is 36.4. The summed E-state index contributed by atoms with van der Waals surface area (Å²) in [6.45, 7) is 0. The lowest BCUT2D eigenvalue weighted by Gasteiger charge is -2.33. The van der Waals surface area contributed by atoms with E-state index in [0.29, 0.717) is 5.82 Å². The molecule has 0 radical (unpaired) electrons. The number of fused-ring (bicyclic) bond motifs is 3. The van der Waals surface area contributed by atoms with Gasteiger partial charge in [-0.3, -0.25) is 4.90 Å². The Bertz CT molecular complexity index is 3170. The molecular formula is C56H38N4S. The Kier molecular flexibility index (Phi) is 9.41. The van der Waals surface area contributed by atoms with Gasteiger partial charge in [0.15, 0.2) is 5.82 Å². The average Bonchev–Trinajstić information content (AvgIpc) is 3.34. The summed E-state index contributed by atoms with van der Waals surface area (Å²) in [4.78, 5) is 17.7. The molecule has 4 nitrogen and oxygen atoms in total. The van der Waals surface area contributed by atoms with Crippen LogP contribution in [0.25, 0.3) is 55.7 Å². The number of anilines is 6. The van der Waals surface area contributed by atoms with E-state index in [1.54, 1.807) is 0 Å². The van der Waals surface area contributed by atoms with Crippen LogP contribution in [0.15, 0.2) is 240 Å². The third-order valence-electron chi connectivity index (χ3n) is 11.2. The molecule has 288 valence electrons. The summed E-state index contributed by atoms with van der Waals surface area (Å²) in [5.41, 5.74) is 12.9. The molecule has 61 heavy (non-hydrogen) atoms. The van der Waals surface area contributed by atoms with Gasteiger partial charge in [-0.25, -0.2) is 9.97 Å². The van der Waals surface area contributed by atoms with Gasteiger partial charge < -0.3 is 4.90 Å². The van der Waals surface area contributed by atoms with Crippen LogP contribution in [-0.4, -0.2) is 9.97 Å². The molecule has 0 saturated carbocycles. The van der Waals surface area contributed by atoms with Crippen LogP contribution in [0.3, 0.4) is 0 Å². The van der Waals surface area contributed by atoms with Gasteiger partial charge in [-0.05, 0) is 93.7 Å². The van der Waals surface area contributed by atoms with Crippen molar-refractivity contribution in [3.8, 4) is 44.9 Å². The van der Waals surface area contributed by atoms with E-state index in [-0.39, 0.29) is 0 Å². The van der Waals surface area contributed by atoms with Gasteiger partial charge in [-0.2, -0.15) is 0 Å². The third-order valence-corrected chi connectivity index (χ3v) is 12.4. The van der Waals surface area contributed by atoms with Gasteiger partial charge in [0.2, 0.25) is 0 Å². The lowest BCUT2D eigenvalue weighted by molar-refractivity contribution is 1.12. The van der Waals surface area contributed by atoms with Crippen molar-refractivity contribution in [1.29, 1.82) is 0 Å². The van der Waals surface area contributed by atoms with E-state index < -0.39 is 0 Å². The highest BCUT2D eigenvalue weighted by Crippen LogP contribution is 2.52. The number of hydrogen-bond donors (Lipinski definition) is 0. The van der Waals surface area contributed by atoms with Crippen LogP contribution in [0.1, 0.15) is 0 Å². The summed E-state index contributed by atoms with van der Waals surface area (Å²) in [5.74, 6) is 1.43. The Morgan fingerprint density at radius 2 is 0.951 bits per heavy atom. The van der Waals surface area contributed by atoms with Gasteiger partial charge in [0.05, 0.1) is 17.1 Å². The molecule has 5 heteroatoms. The van der Waals surface area contributed by atoms with Crippen molar-refractivity contribution in [2.24, 2.45) is 0 Å². The second-order valence-electron chi connectivity index (χ2n) is 15.1. The Morgan fingerprint density at radius 1 is 0.361 bits per heavy atom. The van der Waals surface area contributed by atoms with Gasteiger partial charge in [-0.15, -0.1) is 0 Å². The molecule has 0 unspecified atom stereocenters. The van der Waals surface area contributed by atoms with Gasteiger partial charge in [-0.1, -0.05) is 176 Å². The lowest BCUT2D eigenvalue weighted by Crippen LogP contribution is -2.14. The molecular weight excluding hydrogens is 761 g/mol.